The highest BCUT2D eigenvalue weighted by Gasteiger charge is 2.16. The lowest BCUT2D eigenvalue weighted by Gasteiger charge is -2.12. The summed E-state index contributed by atoms with van der Waals surface area (Å²) < 4.78 is 11.4. The van der Waals surface area contributed by atoms with E-state index in [1.165, 1.54) is 48.5 Å². The van der Waals surface area contributed by atoms with Gasteiger partial charge in [0.05, 0.1) is 35.7 Å². The van der Waals surface area contributed by atoms with Gasteiger partial charge in [0.15, 0.2) is 23.0 Å². The molecule has 11 N–H and O–H groups in total. The molecule has 2 heterocycles. The fourth-order valence-corrected chi connectivity index (χ4v) is 3.85. The SMILES string of the molecule is CNc1cc(OCCCCOc2ccc(C(=O)O)c(NC(=O)c3ccc(=N)n(N)n3)c2)ccc1C(=O)O.N/N=c1/ccc(C=O)nn1N. The molecule has 0 aliphatic carbocycles. The zero-order valence-corrected chi connectivity index (χ0v) is 25.5. The molecule has 0 radical (unpaired) electrons. The molecule has 2 aromatic carbocycles. The molecule has 0 unspecified atom stereocenters. The first-order valence-electron chi connectivity index (χ1n) is 13.9. The van der Waals surface area contributed by atoms with Crippen LogP contribution in [0, 0.1) is 5.41 Å². The summed E-state index contributed by atoms with van der Waals surface area (Å²) in [6, 6.07) is 14.4. The number of nitrogens with zero attached hydrogens (tertiary/aromatic N) is 5. The molecule has 0 atom stereocenters. The van der Waals surface area contributed by atoms with Gasteiger partial charge in [-0.3, -0.25) is 15.0 Å². The van der Waals surface area contributed by atoms with Gasteiger partial charge < -0.3 is 47.8 Å². The Balaban J connectivity index is 0.000000480. The molecule has 0 spiro atoms. The summed E-state index contributed by atoms with van der Waals surface area (Å²) in [7, 11) is 1.63. The number of anilines is 2. The maximum absolute atomic E-state index is 12.5. The number of carboxylic acid groups (broad SMARTS) is 2. The van der Waals surface area contributed by atoms with Crippen LogP contribution in [-0.4, -0.2) is 74.4 Å². The average molecular weight is 664 g/mol. The number of hydrogen-bond donors (Lipinski definition) is 8. The first-order chi connectivity index (χ1) is 23.0. The van der Waals surface area contributed by atoms with E-state index in [0.29, 0.717) is 55.0 Å². The molecule has 0 bridgehead atoms. The molecule has 4 rings (SSSR count). The quantitative estimate of drug-likeness (QED) is 0.0410. The van der Waals surface area contributed by atoms with E-state index in [0.717, 1.165) is 9.58 Å². The summed E-state index contributed by atoms with van der Waals surface area (Å²) >= 11 is 0. The van der Waals surface area contributed by atoms with Gasteiger partial charge in [-0.2, -0.15) is 14.7 Å². The highest BCUT2D eigenvalue weighted by molar-refractivity contribution is 6.06. The van der Waals surface area contributed by atoms with Crippen LogP contribution in [0.4, 0.5) is 11.4 Å². The van der Waals surface area contributed by atoms with Gasteiger partial charge >= 0.3 is 11.9 Å². The van der Waals surface area contributed by atoms with Gasteiger partial charge in [0.25, 0.3) is 5.91 Å². The van der Waals surface area contributed by atoms with Crippen LogP contribution in [0.1, 0.15) is 54.5 Å². The minimum atomic E-state index is -1.24. The molecule has 48 heavy (non-hydrogen) atoms. The Morgan fingerprint density at radius 2 is 1.46 bits per heavy atom. The number of unbranched alkanes of at least 4 members (excludes halogenated alkanes) is 1. The Labute approximate surface area is 271 Å². The van der Waals surface area contributed by atoms with Crippen molar-refractivity contribution >= 4 is 35.5 Å². The number of nitrogens with two attached hydrogens (primary N) is 3. The third kappa shape index (κ3) is 9.79. The first-order valence-corrected chi connectivity index (χ1v) is 13.9. The van der Waals surface area contributed by atoms with Crippen LogP contribution in [0.2, 0.25) is 0 Å². The Kier molecular flexibility index (Phi) is 12.6. The molecule has 0 saturated heterocycles. The van der Waals surface area contributed by atoms with E-state index in [2.05, 4.69) is 25.9 Å². The van der Waals surface area contributed by atoms with Crippen LogP contribution in [0.15, 0.2) is 65.8 Å². The minimum Gasteiger partial charge on any atom is -0.494 e. The molecule has 252 valence electrons. The second kappa shape index (κ2) is 17.0. The number of nitrogen functional groups attached to an aromatic ring is 2. The van der Waals surface area contributed by atoms with Crippen molar-refractivity contribution in [1.82, 2.24) is 19.8 Å². The van der Waals surface area contributed by atoms with Crippen LogP contribution in [0.25, 0.3) is 0 Å². The zero-order chi connectivity index (χ0) is 35.2. The number of nitrogens with one attached hydrogen (secondary N) is 3. The van der Waals surface area contributed by atoms with Crippen molar-refractivity contribution in [3.05, 3.63) is 94.2 Å². The van der Waals surface area contributed by atoms with Crippen LogP contribution >= 0.6 is 0 Å². The van der Waals surface area contributed by atoms with Crippen molar-refractivity contribution in [2.24, 2.45) is 10.9 Å². The predicted octanol–water partition coefficient (Wildman–Crippen LogP) is 0.189. The van der Waals surface area contributed by atoms with Gasteiger partial charge in [-0.1, -0.05) is 0 Å². The second-order valence-corrected chi connectivity index (χ2v) is 9.49. The maximum atomic E-state index is 12.5. The third-order valence-electron chi connectivity index (χ3n) is 6.24. The minimum absolute atomic E-state index is 0.0174. The van der Waals surface area contributed by atoms with E-state index in [1.807, 2.05) is 0 Å². The van der Waals surface area contributed by atoms with Gasteiger partial charge in [-0.15, -0.1) is 10.2 Å². The summed E-state index contributed by atoms with van der Waals surface area (Å²) in [5, 5.41) is 42.1. The standard InChI is InChI=1S/C24H26N6O7.C5H7N5O/c1-27-19-12-14(4-6-16(19)23(32)33)36-10-2-3-11-37-15-5-7-17(24(34)35)20(13-15)28-22(31)18-8-9-21(25)30(26)29-18;6-8-5-2-1-4(3-11)9-10(5)7/h4-9,12-13,25,27H,2-3,10-11,26H2,1H3,(H,28,31)(H,32,33)(H,34,35);1-3H,6-7H2/b;8-5-. The lowest BCUT2D eigenvalue weighted by atomic mass is 10.1. The molecule has 4 aromatic rings. The summed E-state index contributed by atoms with van der Waals surface area (Å²) in [5.74, 6) is 13.6. The maximum Gasteiger partial charge on any atom is 0.337 e. The van der Waals surface area contributed by atoms with Crippen molar-refractivity contribution in [2.45, 2.75) is 12.8 Å². The molecule has 19 nitrogen and oxygen atoms in total. The van der Waals surface area contributed by atoms with Crippen molar-refractivity contribution < 1.29 is 38.9 Å². The summed E-state index contributed by atoms with van der Waals surface area (Å²) in [4.78, 5) is 47.1. The topological polar surface area (TPSA) is 301 Å². The summed E-state index contributed by atoms with van der Waals surface area (Å²) in [6.45, 7) is 0.687. The number of aromatic nitrogens is 4. The largest absolute Gasteiger partial charge is 0.494 e. The molecular formula is C29H33N11O8. The third-order valence-corrected chi connectivity index (χ3v) is 6.24. The fraction of sp³-hybridized carbons (Fsp3) is 0.172. The van der Waals surface area contributed by atoms with Crippen LogP contribution in [0.3, 0.4) is 0 Å². The lowest BCUT2D eigenvalue weighted by molar-refractivity contribution is 0.0687. The first kappa shape index (κ1) is 35.6. The average Bonchev–Trinajstić information content (AvgIpc) is 3.07. The number of carbonyl (C=O) groups is 4. The molecule has 19 heteroatoms. The lowest BCUT2D eigenvalue weighted by Crippen LogP contribution is -2.31. The van der Waals surface area contributed by atoms with Gasteiger partial charge in [0.2, 0.25) is 0 Å². The van der Waals surface area contributed by atoms with Gasteiger partial charge in [0, 0.05) is 19.2 Å². The Bertz CT molecular complexity index is 1920. The van der Waals surface area contributed by atoms with Crippen molar-refractivity contribution in [3.8, 4) is 11.5 Å². The van der Waals surface area contributed by atoms with Gasteiger partial charge in [-0.05, 0) is 61.4 Å². The van der Waals surface area contributed by atoms with E-state index in [-0.39, 0.29) is 33.7 Å². The smallest absolute Gasteiger partial charge is 0.337 e. The van der Waals surface area contributed by atoms with E-state index in [4.69, 9.17) is 37.5 Å². The van der Waals surface area contributed by atoms with E-state index < -0.39 is 17.8 Å². The van der Waals surface area contributed by atoms with Gasteiger partial charge in [-0.25, -0.2) is 9.59 Å². The van der Waals surface area contributed by atoms with Crippen LogP contribution in [0.5, 0.6) is 11.5 Å². The Morgan fingerprint density at radius 1 is 0.875 bits per heavy atom. The van der Waals surface area contributed by atoms with E-state index in [9.17, 15) is 24.3 Å². The number of carboxylic acids is 2. The number of aldehydes is 1. The van der Waals surface area contributed by atoms with E-state index >= 15 is 0 Å². The highest BCUT2D eigenvalue weighted by atomic mass is 16.5. The van der Waals surface area contributed by atoms with Crippen molar-refractivity contribution in [2.75, 3.05) is 42.6 Å². The summed E-state index contributed by atoms with van der Waals surface area (Å²) in [5.41, 5.74) is 0.814. The van der Waals surface area contributed by atoms with Crippen molar-refractivity contribution in [3.63, 3.8) is 0 Å². The molecule has 0 saturated carbocycles. The molecule has 2 aromatic heterocycles. The Hall–Kier alpha value is -6.92. The normalized spacial score (nSPS) is 10.6. The predicted molar refractivity (Wildman–Crippen MR) is 170 cm³/mol. The number of ether oxygens (including phenoxy) is 2. The number of carbonyl (C=O) groups excluding carboxylic acids is 2. The number of aromatic carboxylic acids is 2. The van der Waals surface area contributed by atoms with Crippen molar-refractivity contribution in [1.29, 1.82) is 5.41 Å². The molecule has 1 amide bonds. The van der Waals surface area contributed by atoms with Gasteiger partial charge in [0.1, 0.15) is 17.2 Å². The second-order valence-electron chi connectivity index (χ2n) is 9.49. The molecular weight excluding hydrogens is 630 g/mol. The van der Waals surface area contributed by atoms with Crippen LogP contribution in [-0.2, 0) is 0 Å². The molecule has 0 fully saturated rings. The number of hydrogen-bond acceptors (Lipinski definition) is 14. The monoisotopic (exact) mass is 663 g/mol. The fourth-order valence-electron chi connectivity index (χ4n) is 3.85. The summed E-state index contributed by atoms with van der Waals surface area (Å²) in [6.07, 6.45) is 1.85. The van der Waals surface area contributed by atoms with E-state index in [1.54, 1.807) is 19.2 Å². The van der Waals surface area contributed by atoms with Crippen LogP contribution < -0.4 is 48.6 Å². The number of amides is 1. The zero-order valence-electron chi connectivity index (χ0n) is 25.5. The number of benzene rings is 2. The number of rotatable bonds is 13. The highest BCUT2D eigenvalue weighted by Crippen LogP contribution is 2.24. The Morgan fingerprint density at radius 3 is 1.96 bits per heavy atom. The molecule has 0 aliphatic rings. The molecule has 0 aliphatic heterocycles.